The Hall–Kier alpha value is -3.13. The van der Waals surface area contributed by atoms with Crippen molar-refractivity contribution in [2.75, 3.05) is 13.7 Å². The van der Waals surface area contributed by atoms with Crippen LogP contribution in [0.15, 0.2) is 48.0 Å². The lowest BCUT2D eigenvalue weighted by atomic mass is 10.1. The minimum atomic E-state index is -0.654. The smallest absolute Gasteiger partial charge is 0.312 e. The van der Waals surface area contributed by atoms with Crippen LogP contribution in [0.5, 0.6) is 5.75 Å². The first-order valence-electron chi connectivity index (χ1n) is 7.95. The Balaban J connectivity index is 1.55. The zero-order chi connectivity index (χ0) is 19.2. The molecule has 0 spiro atoms. The molecule has 0 atom stereocenters. The monoisotopic (exact) mass is 386 g/mol. The third-order valence-corrected chi connectivity index (χ3v) is 4.51. The number of ether oxygens (including phenoxy) is 2. The van der Waals surface area contributed by atoms with Gasteiger partial charge in [-0.2, -0.15) is 0 Å². The Labute approximate surface area is 158 Å². The molecule has 0 saturated carbocycles. The number of carbonyl (C=O) groups excluding carboxylic acids is 2. The van der Waals surface area contributed by atoms with Crippen molar-refractivity contribution in [1.82, 2.24) is 9.97 Å². The second kappa shape index (κ2) is 8.50. The standard InChI is InChI=1S/C19H15FN2O4S/c1-25-17-6-5-12(8-14(17)20)16(23)10-26-18(24)9-13-11-27-19(22-13)15-4-2-3-7-21-15/h2-8,11H,9-10H2,1H3. The van der Waals surface area contributed by atoms with Gasteiger partial charge in [0.25, 0.3) is 0 Å². The normalized spacial score (nSPS) is 10.4. The number of rotatable bonds is 7. The number of pyridine rings is 1. The molecule has 2 heterocycles. The van der Waals surface area contributed by atoms with Gasteiger partial charge >= 0.3 is 5.97 Å². The molecule has 138 valence electrons. The van der Waals surface area contributed by atoms with Crippen LogP contribution in [0.4, 0.5) is 4.39 Å². The Morgan fingerprint density at radius 1 is 1.22 bits per heavy atom. The zero-order valence-corrected chi connectivity index (χ0v) is 15.2. The van der Waals surface area contributed by atoms with Gasteiger partial charge in [0, 0.05) is 17.1 Å². The molecule has 27 heavy (non-hydrogen) atoms. The van der Waals surface area contributed by atoms with Gasteiger partial charge in [0.05, 0.1) is 24.9 Å². The van der Waals surface area contributed by atoms with E-state index >= 15 is 0 Å². The highest BCUT2D eigenvalue weighted by atomic mass is 32.1. The number of esters is 1. The van der Waals surface area contributed by atoms with E-state index < -0.39 is 24.2 Å². The molecule has 8 heteroatoms. The number of methoxy groups -OCH3 is 1. The molecule has 6 nitrogen and oxygen atoms in total. The summed E-state index contributed by atoms with van der Waals surface area (Å²) in [5, 5.41) is 2.44. The summed E-state index contributed by atoms with van der Waals surface area (Å²) in [6.45, 7) is -0.470. The molecule has 3 aromatic rings. The summed E-state index contributed by atoms with van der Waals surface area (Å²) in [5.41, 5.74) is 1.36. The van der Waals surface area contributed by atoms with Crippen molar-refractivity contribution in [3.8, 4) is 16.5 Å². The molecule has 0 amide bonds. The molecular weight excluding hydrogens is 371 g/mol. The predicted molar refractivity (Wildman–Crippen MR) is 97.3 cm³/mol. The molecule has 0 aliphatic rings. The van der Waals surface area contributed by atoms with E-state index in [0.717, 1.165) is 11.8 Å². The van der Waals surface area contributed by atoms with E-state index in [4.69, 9.17) is 9.47 Å². The first kappa shape index (κ1) is 18.7. The Morgan fingerprint density at radius 2 is 2.07 bits per heavy atom. The summed E-state index contributed by atoms with van der Waals surface area (Å²) in [7, 11) is 1.33. The SMILES string of the molecule is COc1ccc(C(=O)COC(=O)Cc2csc(-c3ccccn3)n2)cc1F. The van der Waals surface area contributed by atoms with Crippen LogP contribution in [0.2, 0.25) is 0 Å². The summed E-state index contributed by atoms with van der Waals surface area (Å²) in [5.74, 6) is -1.71. The molecule has 0 radical (unpaired) electrons. The van der Waals surface area contributed by atoms with Crippen molar-refractivity contribution in [3.63, 3.8) is 0 Å². The average molecular weight is 386 g/mol. The maximum atomic E-state index is 13.6. The number of ketones is 1. The fourth-order valence-electron chi connectivity index (χ4n) is 2.26. The fourth-order valence-corrected chi connectivity index (χ4v) is 3.06. The van der Waals surface area contributed by atoms with E-state index in [1.165, 1.54) is 30.6 Å². The maximum absolute atomic E-state index is 13.6. The van der Waals surface area contributed by atoms with Gasteiger partial charge in [0.15, 0.2) is 24.0 Å². The topological polar surface area (TPSA) is 78.4 Å². The van der Waals surface area contributed by atoms with Crippen LogP contribution in [0.25, 0.3) is 10.7 Å². The first-order chi connectivity index (χ1) is 13.1. The Bertz CT molecular complexity index is 959. The Morgan fingerprint density at radius 3 is 2.78 bits per heavy atom. The number of benzene rings is 1. The fraction of sp³-hybridized carbons (Fsp3) is 0.158. The number of halogens is 1. The van der Waals surface area contributed by atoms with E-state index in [0.29, 0.717) is 10.7 Å². The third kappa shape index (κ3) is 4.73. The second-order valence-electron chi connectivity index (χ2n) is 5.47. The zero-order valence-electron chi connectivity index (χ0n) is 14.3. The van der Waals surface area contributed by atoms with Crippen molar-refractivity contribution in [3.05, 3.63) is 65.0 Å². The van der Waals surface area contributed by atoms with Crippen molar-refractivity contribution in [1.29, 1.82) is 0 Å². The summed E-state index contributed by atoms with van der Waals surface area (Å²) >= 11 is 1.37. The summed E-state index contributed by atoms with van der Waals surface area (Å²) < 4.78 is 23.4. The summed E-state index contributed by atoms with van der Waals surface area (Å²) in [6.07, 6.45) is 1.60. The highest BCUT2D eigenvalue weighted by Crippen LogP contribution is 2.22. The van der Waals surface area contributed by atoms with Gasteiger partial charge in [-0.15, -0.1) is 11.3 Å². The molecule has 2 aromatic heterocycles. The van der Waals surface area contributed by atoms with Gasteiger partial charge in [-0.3, -0.25) is 14.6 Å². The maximum Gasteiger partial charge on any atom is 0.312 e. The highest BCUT2D eigenvalue weighted by molar-refractivity contribution is 7.13. The van der Waals surface area contributed by atoms with Gasteiger partial charge in [0.1, 0.15) is 5.01 Å². The van der Waals surface area contributed by atoms with Gasteiger partial charge in [-0.1, -0.05) is 6.07 Å². The van der Waals surface area contributed by atoms with Crippen LogP contribution in [0, 0.1) is 5.82 Å². The van der Waals surface area contributed by atoms with E-state index in [1.54, 1.807) is 17.6 Å². The third-order valence-electron chi connectivity index (χ3n) is 3.60. The van der Waals surface area contributed by atoms with E-state index in [9.17, 15) is 14.0 Å². The van der Waals surface area contributed by atoms with Gasteiger partial charge in [-0.05, 0) is 30.3 Å². The molecule has 1 aromatic carbocycles. The molecule has 0 saturated heterocycles. The van der Waals surface area contributed by atoms with Gasteiger partial charge in [0.2, 0.25) is 0 Å². The van der Waals surface area contributed by atoms with Crippen LogP contribution < -0.4 is 4.74 Å². The number of hydrogen-bond acceptors (Lipinski definition) is 7. The predicted octanol–water partition coefficient (Wildman–Crippen LogP) is 3.32. The number of nitrogens with zero attached hydrogens (tertiary/aromatic N) is 2. The van der Waals surface area contributed by atoms with Crippen LogP contribution in [0.1, 0.15) is 16.1 Å². The largest absolute Gasteiger partial charge is 0.494 e. The molecule has 0 aliphatic heterocycles. The van der Waals surface area contributed by atoms with E-state index in [2.05, 4.69) is 9.97 Å². The number of hydrogen-bond donors (Lipinski definition) is 0. The number of Topliss-reactive ketones (excluding diaryl/α,β-unsaturated/α-hetero) is 1. The Kier molecular flexibility index (Phi) is 5.87. The number of aromatic nitrogens is 2. The van der Waals surface area contributed by atoms with Crippen LogP contribution in [-0.2, 0) is 16.0 Å². The van der Waals surface area contributed by atoms with Crippen LogP contribution in [0.3, 0.4) is 0 Å². The summed E-state index contributed by atoms with van der Waals surface area (Å²) in [4.78, 5) is 32.5. The lowest BCUT2D eigenvalue weighted by Crippen LogP contribution is -2.16. The minimum Gasteiger partial charge on any atom is -0.494 e. The second-order valence-corrected chi connectivity index (χ2v) is 6.33. The molecule has 0 bridgehead atoms. The molecule has 0 aliphatic carbocycles. The number of thiazole rings is 1. The molecule has 0 fully saturated rings. The molecular formula is C19H15FN2O4S. The van der Waals surface area contributed by atoms with Crippen molar-refractivity contribution >= 4 is 23.1 Å². The van der Waals surface area contributed by atoms with Crippen molar-refractivity contribution < 1.29 is 23.5 Å². The van der Waals surface area contributed by atoms with E-state index in [1.807, 2.05) is 12.1 Å². The first-order valence-corrected chi connectivity index (χ1v) is 8.83. The average Bonchev–Trinajstić information content (AvgIpc) is 3.15. The number of carbonyl (C=O) groups is 2. The van der Waals surface area contributed by atoms with Crippen molar-refractivity contribution in [2.45, 2.75) is 6.42 Å². The minimum absolute atomic E-state index is 0.0378. The van der Waals surface area contributed by atoms with Gasteiger partial charge in [-0.25, -0.2) is 9.37 Å². The lowest BCUT2D eigenvalue weighted by Gasteiger charge is -2.05. The summed E-state index contributed by atoms with van der Waals surface area (Å²) in [6, 6.07) is 9.30. The molecule has 0 N–H and O–H groups in total. The van der Waals surface area contributed by atoms with E-state index in [-0.39, 0.29) is 17.7 Å². The highest BCUT2D eigenvalue weighted by Gasteiger charge is 2.15. The quantitative estimate of drug-likeness (QED) is 0.458. The molecule has 3 rings (SSSR count). The van der Waals surface area contributed by atoms with Gasteiger partial charge < -0.3 is 9.47 Å². The lowest BCUT2D eigenvalue weighted by molar-refractivity contribution is -0.141. The van der Waals surface area contributed by atoms with Crippen LogP contribution in [-0.4, -0.2) is 35.4 Å². The molecule has 0 unspecified atom stereocenters. The van der Waals surface area contributed by atoms with Crippen LogP contribution >= 0.6 is 11.3 Å². The van der Waals surface area contributed by atoms with Crippen molar-refractivity contribution in [2.24, 2.45) is 0 Å².